The highest BCUT2D eigenvalue weighted by Gasteiger charge is 2.34. The molecule has 2 aromatic rings. The minimum absolute atomic E-state index is 0.192. The predicted octanol–water partition coefficient (Wildman–Crippen LogP) is 4.77. The lowest BCUT2D eigenvalue weighted by Crippen LogP contribution is -2.42. The lowest BCUT2D eigenvalue weighted by Gasteiger charge is -2.38. The number of fused-ring (bicyclic) bond motifs is 1. The number of carbonyl (C=O) groups excluding carboxylic acids is 1. The van der Waals surface area contributed by atoms with Gasteiger partial charge in [0.25, 0.3) is 0 Å². The van der Waals surface area contributed by atoms with E-state index in [0.29, 0.717) is 22.9 Å². The second kappa shape index (κ2) is 6.84. The zero-order valence-corrected chi connectivity index (χ0v) is 15.2. The van der Waals surface area contributed by atoms with E-state index in [-0.39, 0.29) is 17.7 Å². The lowest BCUT2D eigenvalue weighted by molar-refractivity contribution is 0.0683. The number of rotatable bonds is 3. The Labute approximate surface area is 152 Å². The van der Waals surface area contributed by atoms with Gasteiger partial charge in [0, 0.05) is 28.8 Å². The van der Waals surface area contributed by atoms with E-state index in [9.17, 15) is 4.79 Å². The summed E-state index contributed by atoms with van der Waals surface area (Å²) in [6.07, 6.45) is 0.645. The van der Waals surface area contributed by atoms with Gasteiger partial charge in [0.2, 0.25) is 0 Å². The van der Waals surface area contributed by atoms with Gasteiger partial charge in [-0.2, -0.15) is 0 Å². The third-order valence-corrected chi connectivity index (χ3v) is 4.30. The Morgan fingerprint density at radius 1 is 1.28 bits per heavy atom. The molecule has 0 saturated carbocycles. The molecule has 6 heteroatoms. The van der Waals surface area contributed by atoms with Crippen LogP contribution in [0.25, 0.3) is 0 Å². The summed E-state index contributed by atoms with van der Waals surface area (Å²) in [6.45, 7) is 4.00. The van der Waals surface area contributed by atoms with Crippen molar-refractivity contribution in [2.24, 2.45) is 0 Å². The van der Waals surface area contributed by atoms with Gasteiger partial charge in [-0.1, -0.05) is 17.7 Å². The maximum absolute atomic E-state index is 12.4. The molecule has 0 spiro atoms. The average Bonchev–Trinajstić information content (AvgIpc) is 2.55. The topological polar surface area (TPSA) is 59.6 Å². The first-order valence-corrected chi connectivity index (χ1v) is 8.44. The van der Waals surface area contributed by atoms with Crippen LogP contribution in [0.4, 0.5) is 10.5 Å². The molecule has 0 radical (unpaired) electrons. The number of hydrogen-bond acceptors (Lipinski definition) is 3. The summed E-state index contributed by atoms with van der Waals surface area (Å²) in [5.74, 6) is 1.43. The molecule has 1 aliphatic heterocycles. The largest absolute Gasteiger partial charge is 0.497 e. The number of nitrogens with one attached hydrogen (secondary N) is 2. The molecule has 2 aromatic carbocycles. The minimum Gasteiger partial charge on any atom is -0.497 e. The van der Waals surface area contributed by atoms with Crippen LogP contribution in [0.15, 0.2) is 42.5 Å². The van der Waals surface area contributed by atoms with Crippen LogP contribution < -0.4 is 20.1 Å². The van der Waals surface area contributed by atoms with E-state index in [0.717, 1.165) is 11.3 Å². The van der Waals surface area contributed by atoms with E-state index >= 15 is 0 Å². The van der Waals surface area contributed by atoms with E-state index in [1.807, 2.05) is 38.1 Å². The Kier molecular flexibility index (Phi) is 4.77. The highest BCUT2D eigenvalue weighted by molar-refractivity contribution is 6.30. The van der Waals surface area contributed by atoms with Gasteiger partial charge in [0.1, 0.15) is 17.1 Å². The van der Waals surface area contributed by atoms with Gasteiger partial charge in [-0.25, -0.2) is 4.79 Å². The number of halogens is 1. The van der Waals surface area contributed by atoms with E-state index in [1.165, 1.54) is 0 Å². The van der Waals surface area contributed by atoms with Crippen LogP contribution >= 0.6 is 11.6 Å². The van der Waals surface area contributed by atoms with Crippen LogP contribution in [0.5, 0.6) is 11.5 Å². The number of ether oxygens (including phenoxy) is 2. The van der Waals surface area contributed by atoms with E-state index in [4.69, 9.17) is 21.1 Å². The van der Waals surface area contributed by atoms with Crippen molar-refractivity contribution < 1.29 is 14.3 Å². The molecule has 25 heavy (non-hydrogen) atoms. The van der Waals surface area contributed by atoms with Gasteiger partial charge >= 0.3 is 6.03 Å². The number of urea groups is 1. The molecule has 1 heterocycles. The zero-order valence-electron chi connectivity index (χ0n) is 14.4. The van der Waals surface area contributed by atoms with Crippen LogP contribution in [-0.2, 0) is 0 Å². The van der Waals surface area contributed by atoms with Crippen molar-refractivity contribution in [3.63, 3.8) is 0 Å². The Bertz CT molecular complexity index is 792. The highest BCUT2D eigenvalue weighted by atomic mass is 35.5. The van der Waals surface area contributed by atoms with Gasteiger partial charge < -0.3 is 20.1 Å². The number of methoxy groups -OCH3 is 1. The average molecular weight is 361 g/mol. The van der Waals surface area contributed by atoms with Crippen molar-refractivity contribution in [3.8, 4) is 11.5 Å². The molecule has 0 bridgehead atoms. The maximum Gasteiger partial charge on any atom is 0.319 e. The summed E-state index contributed by atoms with van der Waals surface area (Å²) in [4.78, 5) is 12.4. The van der Waals surface area contributed by atoms with Crippen LogP contribution in [0, 0.1) is 0 Å². The monoisotopic (exact) mass is 360 g/mol. The van der Waals surface area contributed by atoms with Crippen molar-refractivity contribution in [1.82, 2.24) is 5.32 Å². The van der Waals surface area contributed by atoms with E-state index < -0.39 is 0 Å². The molecule has 0 fully saturated rings. The third-order valence-electron chi connectivity index (χ3n) is 4.06. The molecule has 0 saturated heterocycles. The van der Waals surface area contributed by atoms with Gasteiger partial charge in [-0.15, -0.1) is 0 Å². The number of carbonyl (C=O) groups is 1. The number of benzene rings is 2. The molecule has 1 atom stereocenters. The number of amides is 2. The first-order chi connectivity index (χ1) is 11.9. The van der Waals surface area contributed by atoms with Gasteiger partial charge in [0.05, 0.1) is 13.2 Å². The predicted molar refractivity (Wildman–Crippen MR) is 98.7 cm³/mol. The first-order valence-electron chi connectivity index (χ1n) is 8.06. The SMILES string of the molecule is COc1cccc(NC(=O)N[C@@H]2CC(C)(C)Oc3ccc(Cl)cc32)c1. The van der Waals surface area contributed by atoms with Gasteiger partial charge in [-0.3, -0.25) is 0 Å². The third kappa shape index (κ3) is 4.17. The van der Waals surface area contributed by atoms with Crippen LogP contribution in [-0.4, -0.2) is 18.7 Å². The second-order valence-electron chi connectivity index (χ2n) is 6.63. The van der Waals surface area contributed by atoms with Crippen LogP contribution in [0.1, 0.15) is 31.9 Å². The quantitative estimate of drug-likeness (QED) is 0.828. The number of anilines is 1. The molecule has 1 aliphatic rings. The molecular formula is C19H21ClN2O3. The highest BCUT2D eigenvalue weighted by Crippen LogP contribution is 2.40. The summed E-state index contributed by atoms with van der Waals surface area (Å²) < 4.78 is 11.2. The number of hydrogen-bond donors (Lipinski definition) is 2. The summed E-state index contributed by atoms with van der Waals surface area (Å²) in [6, 6.07) is 12.2. The molecule has 3 rings (SSSR count). The standard InChI is InChI=1S/C19H21ClN2O3/c1-19(2)11-16(15-9-12(20)7-8-17(15)25-19)22-18(23)21-13-5-4-6-14(10-13)24-3/h4-10,16H,11H2,1-3H3,(H2,21,22,23)/t16-/m1/s1. The Morgan fingerprint density at radius 3 is 2.84 bits per heavy atom. The molecule has 0 unspecified atom stereocenters. The molecule has 5 nitrogen and oxygen atoms in total. The summed E-state index contributed by atoms with van der Waals surface area (Å²) in [5.41, 5.74) is 1.16. The van der Waals surface area contributed by atoms with Crippen LogP contribution in [0.3, 0.4) is 0 Å². The summed E-state index contributed by atoms with van der Waals surface area (Å²) in [5, 5.41) is 6.46. The second-order valence-corrected chi connectivity index (χ2v) is 7.07. The summed E-state index contributed by atoms with van der Waals surface area (Å²) in [7, 11) is 1.59. The Balaban J connectivity index is 1.77. The van der Waals surface area contributed by atoms with Gasteiger partial charge in [-0.05, 0) is 44.2 Å². The normalized spacial score (nSPS) is 17.8. The van der Waals surface area contributed by atoms with E-state index in [1.54, 1.807) is 25.3 Å². The smallest absolute Gasteiger partial charge is 0.319 e. The van der Waals surface area contributed by atoms with Crippen molar-refractivity contribution >= 4 is 23.3 Å². The lowest BCUT2D eigenvalue weighted by atomic mass is 9.90. The molecule has 0 aromatic heterocycles. The minimum atomic E-state index is -0.380. The molecule has 132 valence electrons. The first kappa shape index (κ1) is 17.4. The fraction of sp³-hybridized carbons (Fsp3) is 0.316. The maximum atomic E-state index is 12.4. The zero-order chi connectivity index (χ0) is 18.0. The van der Waals surface area contributed by atoms with E-state index in [2.05, 4.69) is 10.6 Å². The van der Waals surface area contributed by atoms with Crippen molar-refractivity contribution in [2.75, 3.05) is 12.4 Å². The van der Waals surface area contributed by atoms with Crippen molar-refractivity contribution in [3.05, 3.63) is 53.1 Å². The molecular weight excluding hydrogens is 340 g/mol. The fourth-order valence-electron chi connectivity index (χ4n) is 2.98. The fourth-order valence-corrected chi connectivity index (χ4v) is 3.16. The molecule has 2 N–H and O–H groups in total. The molecule has 2 amide bonds. The molecule has 0 aliphatic carbocycles. The van der Waals surface area contributed by atoms with Crippen molar-refractivity contribution in [1.29, 1.82) is 0 Å². The Morgan fingerprint density at radius 2 is 2.08 bits per heavy atom. The van der Waals surface area contributed by atoms with Crippen molar-refractivity contribution in [2.45, 2.75) is 31.9 Å². The summed E-state index contributed by atoms with van der Waals surface area (Å²) >= 11 is 6.11. The van der Waals surface area contributed by atoms with Crippen LogP contribution in [0.2, 0.25) is 5.02 Å². The van der Waals surface area contributed by atoms with Gasteiger partial charge in [0.15, 0.2) is 0 Å². The Hall–Kier alpha value is -2.40.